The van der Waals surface area contributed by atoms with Crippen molar-refractivity contribution in [2.75, 3.05) is 0 Å². The van der Waals surface area contributed by atoms with E-state index in [0.717, 1.165) is 6.42 Å². The highest BCUT2D eigenvalue weighted by atomic mass is 19.1. The van der Waals surface area contributed by atoms with Gasteiger partial charge in [0, 0.05) is 18.1 Å². The molecule has 2 atom stereocenters. The van der Waals surface area contributed by atoms with Crippen molar-refractivity contribution in [3.8, 4) is 5.75 Å². The topological polar surface area (TPSA) is 29.5 Å². The second kappa shape index (κ2) is 4.42. The summed E-state index contributed by atoms with van der Waals surface area (Å²) >= 11 is 0. The first-order valence-corrected chi connectivity index (χ1v) is 5.70. The first kappa shape index (κ1) is 11.4. The zero-order chi connectivity index (χ0) is 11.7. The third-order valence-corrected chi connectivity index (χ3v) is 2.85. The zero-order valence-electron chi connectivity index (χ0n) is 9.61. The molecule has 0 fully saturated rings. The van der Waals surface area contributed by atoms with Gasteiger partial charge in [0.05, 0.1) is 6.10 Å². The standard InChI is InChI=1S/C13H17FO2/c1-8(2)5-10-7-12(15)11-4-3-9(14)6-13(11)16-10/h3-4,6,8,10,12,15H,5,7H2,1-2H3. The molecule has 0 radical (unpaired) electrons. The minimum Gasteiger partial charge on any atom is -0.490 e. The average molecular weight is 224 g/mol. The van der Waals surface area contributed by atoms with Crippen molar-refractivity contribution in [1.82, 2.24) is 0 Å². The van der Waals surface area contributed by atoms with Crippen molar-refractivity contribution in [3.05, 3.63) is 29.6 Å². The van der Waals surface area contributed by atoms with E-state index in [4.69, 9.17) is 4.74 Å². The summed E-state index contributed by atoms with van der Waals surface area (Å²) in [6, 6.07) is 4.31. The molecule has 0 saturated heterocycles. The first-order valence-electron chi connectivity index (χ1n) is 5.70. The van der Waals surface area contributed by atoms with E-state index in [1.165, 1.54) is 12.1 Å². The number of hydrogen-bond acceptors (Lipinski definition) is 2. The van der Waals surface area contributed by atoms with E-state index in [1.807, 2.05) is 0 Å². The van der Waals surface area contributed by atoms with Gasteiger partial charge in [-0.2, -0.15) is 0 Å². The van der Waals surface area contributed by atoms with Crippen molar-refractivity contribution in [3.63, 3.8) is 0 Å². The molecule has 0 spiro atoms. The molecule has 0 amide bonds. The molecule has 1 aliphatic rings. The Morgan fingerprint density at radius 2 is 2.25 bits per heavy atom. The number of hydrogen-bond donors (Lipinski definition) is 1. The molecule has 16 heavy (non-hydrogen) atoms. The minimum atomic E-state index is -0.534. The Morgan fingerprint density at radius 3 is 2.94 bits per heavy atom. The Balaban J connectivity index is 2.20. The highest BCUT2D eigenvalue weighted by molar-refractivity contribution is 5.37. The molecule has 88 valence electrons. The van der Waals surface area contributed by atoms with Crippen LogP contribution in [-0.2, 0) is 0 Å². The van der Waals surface area contributed by atoms with Crippen LogP contribution in [0.4, 0.5) is 4.39 Å². The maximum absolute atomic E-state index is 13.0. The molecule has 0 aliphatic carbocycles. The van der Waals surface area contributed by atoms with Gasteiger partial charge in [-0.05, 0) is 24.5 Å². The van der Waals surface area contributed by atoms with Crippen LogP contribution in [0.15, 0.2) is 18.2 Å². The summed E-state index contributed by atoms with van der Waals surface area (Å²) in [5.41, 5.74) is 0.696. The smallest absolute Gasteiger partial charge is 0.128 e. The number of ether oxygens (including phenoxy) is 1. The van der Waals surface area contributed by atoms with Gasteiger partial charge in [-0.15, -0.1) is 0 Å². The zero-order valence-corrected chi connectivity index (χ0v) is 9.61. The van der Waals surface area contributed by atoms with Crippen molar-refractivity contribution in [2.45, 2.75) is 38.9 Å². The lowest BCUT2D eigenvalue weighted by molar-refractivity contribution is 0.0553. The fourth-order valence-electron chi connectivity index (χ4n) is 2.16. The van der Waals surface area contributed by atoms with Gasteiger partial charge in [0.15, 0.2) is 0 Å². The Hall–Kier alpha value is -1.09. The molecule has 0 bridgehead atoms. The molecule has 1 N–H and O–H groups in total. The van der Waals surface area contributed by atoms with E-state index < -0.39 is 6.10 Å². The lowest BCUT2D eigenvalue weighted by Crippen LogP contribution is -2.27. The third-order valence-electron chi connectivity index (χ3n) is 2.85. The lowest BCUT2D eigenvalue weighted by atomic mass is 9.94. The highest BCUT2D eigenvalue weighted by Gasteiger charge is 2.27. The average Bonchev–Trinajstić information content (AvgIpc) is 2.15. The quantitative estimate of drug-likeness (QED) is 0.836. The number of benzene rings is 1. The molecule has 3 heteroatoms. The molecule has 1 aromatic rings. The largest absolute Gasteiger partial charge is 0.490 e. The van der Waals surface area contributed by atoms with Crippen LogP contribution in [-0.4, -0.2) is 11.2 Å². The van der Waals surface area contributed by atoms with E-state index in [9.17, 15) is 9.50 Å². The third kappa shape index (κ3) is 2.35. The van der Waals surface area contributed by atoms with Gasteiger partial charge in [-0.1, -0.05) is 13.8 Å². The molecule has 2 rings (SSSR count). The van der Waals surface area contributed by atoms with Crippen LogP contribution in [0.25, 0.3) is 0 Å². The van der Waals surface area contributed by atoms with E-state index in [0.29, 0.717) is 23.7 Å². The van der Waals surface area contributed by atoms with E-state index >= 15 is 0 Å². The minimum absolute atomic E-state index is 0.00991. The second-order valence-corrected chi connectivity index (χ2v) is 4.80. The molecule has 0 saturated carbocycles. The number of fused-ring (bicyclic) bond motifs is 1. The van der Waals surface area contributed by atoms with Crippen molar-refractivity contribution < 1.29 is 14.2 Å². The van der Waals surface area contributed by atoms with Gasteiger partial charge in [0.1, 0.15) is 17.7 Å². The Bertz CT molecular complexity index is 376. The van der Waals surface area contributed by atoms with Crippen molar-refractivity contribution in [2.24, 2.45) is 5.92 Å². The predicted octanol–water partition coefficient (Wildman–Crippen LogP) is 3.06. The maximum Gasteiger partial charge on any atom is 0.128 e. The Labute approximate surface area is 95.1 Å². The molecule has 1 heterocycles. The number of aliphatic hydroxyl groups is 1. The molecular formula is C13H17FO2. The fourth-order valence-corrected chi connectivity index (χ4v) is 2.16. The number of halogens is 1. The summed E-state index contributed by atoms with van der Waals surface area (Å²) in [5, 5.41) is 9.93. The monoisotopic (exact) mass is 224 g/mol. The Kier molecular flexibility index (Phi) is 3.15. The van der Waals surface area contributed by atoms with E-state index in [1.54, 1.807) is 6.07 Å². The SMILES string of the molecule is CC(C)CC1CC(O)c2ccc(F)cc2O1. The first-order chi connectivity index (χ1) is 7.56. The number of aliphatic hydroxyl groups excluding tert-OH is 1. The fraction of sp³-hybridized carbons (Fsp3) is 0.538. The van der Waals surface area contributed by atoms with Crippen LogP contribution in [0.2, 0.25) is 0 Å². The van der Waals surface area contributed by atoms with Gasteiger partial charge in [0.2, 0.25) is 0 Å². The van der Waals surface area contributed by atoms with Gasteiger partial charge >= 0.3 is 0 Å². The number of rotatable bonds is 2. The van der Waals surface area contributed by atoms with Crippen LogP contribution in [0, 0.1) is 11.7 Å². The normalized spacial score (nSPS) is 24.1. The molecule has 1 aromatic carbocycles. The summed E-state index contributed by atoms with van der Waals surface area (Å²) in [5.74, 6) is 0.674. The molecular weight excluding hydrogens is 207 g/mol. The van der Waals surface area contributed by atoms with Crippen LogP contribution >= 0.6 is 0 Å². The van der Waals surface area contributed by atoms with Gasteiger partial charge in [-0.25, -0.2) is 4.39 Å². The second-order valence-electron chi connectivity index (χ2n) is 4.80. The Morgan fingerprint density at radius 1 is 1.50 bits per heavy atom. The molecule has 0 aromatic heterocycles. The summed E-state index contributed by atoms with van der Waals surface area (Å²) in [4.78, 5) is 0. The van der Waals surface area contributed by atoms with Gasteiger partial charge < -0.3 is 9.84 Å². The highest BCUT2D eigenvalue weighted by Crippen LogP contribution is 2.36. The van der Waals surface area contributed by atoms with Crippen LogP contribution in [0.1, 0.15) is 38.4 Å². The summed E-state index contributed by atoms with van der Waals surface area (Å²) in [6.45, 7) is 4.22. The van der Waals surface area contributed by atoms with Crippen LogP contribution in [0.5, 0.6) is 5.75 Å². The summed E-state index contributed by atoms with van der Waals surface area (Å²) in [7, 11) is 0. The maximum atomic E-state index is 13.0. The van der Waals surface area contributed by atoms with Gasteiger partial charge in [0.25, 0.3) is 0 Å². The van der Waals surface area contributed by atoms with Crippen LogP contribution < -0.4 is 4.74 Å². The predicted molar refractivity (Wildman–Crippen MR) is 59.8 cm³/mol. The lowest BCUT2D eigenvalue weighted by Gasteiger charge is -2.30. The van der Waals surface area contributed by atoms with E-state index in [2.05, 4.69) is 13.8 Å². The molecule has 2 nitrogen and oxygen atoms in total. The van der Waals surface area contributed by atoms with Crippen LogP contribution in [0.3, 0.4) is 0 Å². The summed E-state index contributed by atoms with van der Waals surface area (Å²) < 4.78 is 18.7. The summed E-state index contributed by atoms with van der Waals surface area (Å²) in [6.07, 6.45) is 0.932. The van der Waals surface area contributed by atoms with Crippen molar-refractivity contribution >= 4 is 0 Å². The molecule has 2 unspecified atom stereocenters. The van der Waals surface area contributed by atoms with Crippen molar-refractivity contribution in [1.29, 1.82) is 0 Å². The molecule has 1 aliphatic heterocycles. The van der Waals surface area contributed by atoms with Gasteiger partial charge in [-0.3, -0.25) is 0 Å². The van der Waals surface area contributed by atoms with E-state index in [-0.39, 0.29) is 11.9 Å².